The molecule has 0 saturated heterocycles. The van der Waals surface area contributed by atoms with E-state index in [0.717, 1.165) is 11.8 Å². The molecule has 2 aliphatic carbocycles. The smallest absolute Gasteiger partial charge is 0.337 e. The van der Waals surface area contributed by atoms with Crippen molar-refractivity contribution in [3.05, 3.63) is 145 Å². The Morgan fingerprint density at radius 1 is 0.703 bits per heavy atom. The van der Waals surface area contributed by atoms with E-state index in [1.54, 1.807) is 42.5 Å². The van der Waals surface area contributed by atoms with E-state index in [1.165, 1.54) is 42.5 Å². The molecule has 4 aromatic rings. The summed E-state index contributed by atoms with van der Waals surface area (Å²) in [5.74, 6) is -3.61. The summed E-state index contributed by atoms with van der Waals surface area (Å²) in [6.07, 6.45) is 0. The molecule has 2 amide bonds. The minimum Gasteiger partial charge on any atom is -0.508 e. The molecule has 2 aliphatic heterocycles. The predicted molar refractivity (Wildman–Crippen MR) is 243 cm³/mol. The fourth-order valence-electron chi connectivity index (χ4n) is 7.69. The Balaban J connectivity index is 1.11. The molecule has 4 aliphatic rings. The molecular weight excluding hydrogens is 863 g/mol. The fraction of sp³-hybridized carbons (Fsp3) is 0.125. The van der Waals surface area contributed by atoms with E-state index in [1.807, 2.05) is 32.0 Å². The first-order chi connectivity index (χ1) is 30.6. The van der Waals surface area contributed by atoms with Crippen molar-refractivity contribution < 1.29 is 43.3 Å². The van der Waals surface area contributed by atoms with Gasteiger partial charge < -0.3 is 39.7 Å². The summed E-state index contributed by atoms with van der Waals surface area (Å²) in [4.78, 5) is 71.2. The van der Waals surface area contributed by atoms with E-state index in [2.05, 4.69) is 15.6 Å². The monoisotopic (exact) mass is 898 g/mol. The highest BCUT2D eigenvalue weighted by Crippen LogP contribution is 2.47. The molecule has 4 aromatic carbocycles. The lowest BCUT2D eigenvalue weighted by Crippen LogP contribution is -2.36. The number of carbonyl (C=O) groups excluding carboxylic acids is 2. The molecule has 0 radical (unpaired) electrons. The average Bonchev–Trinajstić information content (AvgIpc) is 3.25. The molecular formula is C48H36Cl2N4O10. The number of phenolic OH excluding ortho intramolecular Hbond substituents is 1. The molecule has 322 valence electrons. The van der Waals surface area contributed by atoms with Crippen molar-refractivity contribution in [2.45, 2.75) is 13.5 Å². The number of benzene rings is 6. The van der Waals surface area contributed by atoms with Gasteiger partial charge in [0.1, 0.15) is 28.4 Å². The van der Waals surface area contributed by atoms with Crippen LogP contribution in [-0.2, 0) is 11.3 Å². The highest BCUT2D eigenvalue weighted by atomic mass is 35.5. The second kappa shape index (κ2) is 17.2. The molecule has 5 N–H and O–H groups in total. The van der Waals surface area contributed by atoms with Crippen LogP contribution in [0, 0.1) is 0 Å². The van der Waals surface area contributed by atoms with Gasteiger partial charge in [-0.1, -0.05) is 29.3 Å². The van der Waals surface area contributed by atoms with Gasteiger partial charge in [0.2, 0.25) is 5.91 Å². The van der Waals surface area contributed by atoms with Crippen molar-refractivity contribution in [1.29, 1.82) is 0 Å². The molecule has 64 heavy (non-hydrogen) atoms. The third kappa shape index (κ3) is 8.07. The van der Waals surface area contributed by atoms with Gasteiger partial charge in [0.15, 0.2) is 5.43 Å². The highest BCUT2D eigenvalue weighted by molar-refractivity contribution is 6.41. The minimum atomic E-state index is -1.39. The number of hydrogen-bond donors (Lipinski definition) is 5. The van der Waals surface area contributed by atoms with Gasteiger partial charge in [-0.25, -0.2) is 9.59 Å². The van der Waals surface area contributed by atoms with Crippen LogP contribution in [0.5, 0.6) is 5.75 Å². The van der Waals surface area contributed by atoms with Gasteiger partial charge in [0.05, 0.1) is 38.6 Å². The van der Waals surface area contributed by atoms with Crippen LogP contribution in [0.1, 0.15) is 43.6 Å². The number of aromatic hydroxyl groups is 1. The van der Waals surface area contributed by atoms with Gasteiger partial charge in [0, 0.05) is 95.7 Å². The third-order valence-electron chi connectivity index (χ3n) is 10.6. The molecule has 0 bridgehead atoms. The molecule has 0 fully saturated rings. The third-order valence-corrected chi connectivity index (χ3v) is 11.3. The highest BCUT2D eigenvalue weighted by Gasteiger charge is 2.30. The molecule has 8 rings (SSSR count). The largest absolute Gasteiger partial charge is 0.508 e. The number of carbonyl (C=O) groups is 4. The summed E-state index contributed by atoms with van der Waals surface area (Å²) >= 11 is 13.7. The zero-order valence-electron chi connectivity index (χ0n) is 34.2. The predicted octanol–water partition coefficient (Wildman–Crippen LogP) is 8.52. The summed E-state index contributed by atoms with van der Waals surface area (Å²) < 4.78 is 12.3. The van der Waals surface area contributed by atoms with Crippen molar-refractivity contribution in [2.24, 2.45) is 4.99 Å². The average molecular weight is 900 g/mol. The first-order valence-electron chi connectivity index (χ1n) is 19.7. The van der Waals surface area contributed by atoms with Gasteiger partial charge in [-0.2, -0.15) is 0 Å². The Bertz CT molecular complexity index is 3320. The Hall–Kier alpha value is -7.68. The van der Waals surface area contributed by atoms with Crippen LogP contribution in [0.2, 0.25) is 10.0 Å². The first kappa shape index (κ1) is 43.0. The number of phenols is 1. The van der Waals surface area contributed by atoms with Crippen LogP contribution < -0.4 is 26.3 Å². The topological polar surface area (TPSA) is 212 Å². The van der Waals surface area contributed by atoms with Crippen LogP contribution in [0.3, 0.4) is 0 Å². The molecule has 14 nitrogen and oxygen atoms in total. The lowest BCUT2D eigenvalue weighted by atomic mass is 9.89. The molecule has 0 spiro atoms. The van der Waals surface area contributed by atoms with Crippen molar-refractivity contribution in [3.8, 4) is 50.7 Å². The Kier molecular flexibility index (Phi) is 11.6. The first-order valence-corrected chi connectivity index (χ1v) is 20.4. The van der Waals surface area contributed by atoms with Crippen LogP contribution in [0.4, 0.5) is 5.69 Å². The SMILES string of the molecule is CCN=c1ccc2c(-c3c(Cl)c(C(=O)NCC(=O)NCc4ccc(C(=O)O)c(-c5c6ccc(=O)cc-6oc6cc(O)ccc56)c4)cc(Cl)c3C(=O)O)c3ccc(N(C)C)cc3oc-2c1. The molecule has 16 heteroatoms. The molecule has 0 aromatic heterocycles. The quantitative estimate of drug-likeness (QED) is 0.0777. The van der Waals surface area contributed by atoms with E-state index in [0.29, 0.717) is 61.8 Å². The van der Waals surface area contributed by atoms with Crippen LogP contribution in [0.25, 0.3) is 66.8 Å². The number of aromatic carboxylic acids is 2. The van der Waals surface area contributed by atoms with Gasteiger partial charge >= 0.3 is 11.9 Å². The van der Waals surface area contributed by atoms with Gasteiger partial charge in [0.25, 0.3) is 5.91 Å². The maximum atomic E-state index is 13.9. The van der Waals surface area contributed by atoms with Crippen molar-refractivity contribution in [2.75, 3.05) is 32.1 Å². The van der Waals surface area contributed by atoms with Gasteiger partial charge in [-0.3, -0.25) is 19.4 Å². The molecule has 0 unspecified atom stereocenters. The number of nitrogens with one attached hydrogen (secondary N) is 2. The second-order valence-electron chi connectivity index (χ2n) is 14.9. The minimum absolute atomic E-state index is 0.0293. The van der Waals surface area contributed by atoms with Crippen LogP contribution in [-0.4, -0.2) is 66.3 Å². The molecule has 0 atom stereocenters. The lowest BCUT2D eigenvalue weighted by Gasteiger charge is -2.21. The number of halogens is 2. The van der Waals surface area contributed by atoms with E-state index >= 15 is 0 Å². The lowest BCUT2D eigenvalue weighted by molar-refractivity contribution is -0.120. The number of carboxylic acids is 2. The number of amides is 2. The number of hydrogen-bond acceptors (Lipinski definition) is 10. The summed E-state index contributed by atoms with van der Waals surface area (Å²) in [7, 11) is 3.73. The maximum absolute atomic E-state index is 13.9. The van der Waals surface area contributed by atoms with Crippen molar-refractivity contribution >= 4 is 74.6 Å². The van der Waals surface area contributed by atoms with E-state index in [9.17, 15) is 39.3 Å². The summed E-state index contributed by atoms with van der Waals surface area (Å²) in [6.45, 7) is 1.78. The number of anilines is 1. The van der Waals surface area contributed by atoms with Crippen LogP contribution in [0.15, 0.2) is 116 Å². The van der Waals surface area contributed by atoms with Gasteiger partial charge in [-0.15, -0.1) is 0 Å². The number of fused-ring (bicyclic) bond motifs is 4. The molecule has 0 saturated carbocycles. The van der Waals surface area contributed by atoms with Crippen molar-refractivity contribution in [3.63, 3.8) is 0 Å². The summed E-state index contributed by atoms with van der Waals surface area (Å²) in [6, 6.07) is 24.8. The summed E-state index contributed by atoms with van der Waals surface area (Å²) in [5.41, 5.74) is 2.92. The van der Waals surface area contributed by atoms with Crippen molar-refractivity contribution in [1.82, 2.24) is 10.6 Å². The van der Waals surface area contributed by atoms with E-state index < -0.39 is 30.3 Å². The number of carboxylic acid groups (broad SMARTS) is 2. The Morgan fingerprint density at radius 2 is 1.39 bits per heavy atom. The van der Waals surface area contributed by atoms with Crippen LogP contribution >= 0.6 is 23.2 Å². The van der Waals surface area contributed by atoms with E-state index in [-0.39, 0.29) is 66.9 Å². The molecule has 2 heterocycles. The maximum Gasteiger partial charge on any atom is 0.337 e. The number of nitrogens with zero attached hydrogens (tertiary/aromatic N) is 2. The standard InChI is InChI=1S/C48H36Cl2N4O10/c1-4-51-24-6-11-31-36(16-24)63-37-17-25(54(2)3)7-12-32(37)42(31)44-43(48(61)62)35(49)20-34(45(44)50)46(58)53-22-40(57)52-21-23-5-10-28(47(59)60)33(15-23)41-29-13-8-26(55)18-38(29)64-39-19-27(56)9-14-30(39)41/h5-20,55H,4,21-22H2,1-3H3,(H,52,57)(H,53,58)(H,59,60)(H,61,62). The zero-order valence-corrected chi connectivity index (χ0v) is 35.7. The second-order valence-corrected chi connectivity index (χ2v) is 15.7. The summed E-state index contributed by atoms with van der Waals surface area (Å²) in [5, 5.41) is 37.3. The zero-order chi connectivity index (χ0) is 45.6. The fourth-order valence-corrected chi connectivity index (χ4v) is 8.31. The Morgan fingerprint density at radius 3 is 2.11 bits per heavy atom. The van der Waals surface area contributed by atoms with Gasteiger partial charge in [-0.05, 0) is 84.8 Å². The number of rotatable bonds is 11. The normalized spacial score (nSPS) is 11.7. The van der Waals surface area contributed by atoms with E-state index in [4.69, 9.17) is 32.0 Å². The Labute approximate surface area is 373 Å².